The third kappa shape index (κ3) is 2.15. The van der Waals surface area contributed by atoms with Crippen LogP contribution in [0.5, 0.6) is 0 Å². The number of rotatable bonds is 1. The number of aliphatic hydroxyl groups excluding tert-OH is 1. The summed E-state index contributed by atoms with van der Waals surface area (Å²) in [5, 5.41) is 15.6. The lowest BCUT2D eigenvalue weighted by molar-refractivity contribution is 0.0627. The van der Waals surface area contributed by atoms with Crippen LogP contribution >= 0.6 is 0 Å². The van der Waals surface area contributed by atoms with E-state index >= 15 is 0 Å². The zero-order chi connectivity index (χ0) is 17.8. The highest BCUT2D eigenvalue weighted by Gasteiger charge is 2.54. The molecule has 2 aliphatic carbocycles. The highest BCUT2D eigenvalue weighted by molar-refractivity contribution is 5.42. The number of hydrogen-bond acceptors (Lipinski definition) is 2. The van der Waals surface area contributed by atoms with Crippen LogP contribution in [-0.4, -0.2) is 14.9 Å². The highest BCUT2D eigenvalue weighted by atomic mass is 16.3. The van der Waals surface area contributed by atoms with E-state index in [1.165, 1.54) is 5.56 Å². The molecule has 0 saturated carbocycles. The molecule has 1 N–H and O–H groups in total. The van der Waals surface area contributed by atoms with Crippen molar-refractivity contribution >= 4 is 0 Å². The van der Waals surface area contributed by atoms with Gasteiger partial charge in [0.15, 0.2) is 0 Å². The van der Waals surface area contributed by atoms with Crippen LogP contribution in [0, 0.1) is 17.9 Å². The largest absolute Gasteiger partial charge is 0.523 e. The fourth-order valence-corrected chi connectivity index (χ4v) is 5.00. The van der Waals surface area contributed by atoms with Gasteiger partial charge in [-0.25, -0.2) is 9.53 Å². The van der Waals surface area contributed by atoms with Crippen LogP contribution in [-0.2, 0) is 11.8 Å². The molecule has 1 aromatic heterocycles. The Kier molecular flexibility index (Phi) is 3.34. The molecule has 4 heteroatoms. The van der Waals surface area contributed by atoms with Gasteiger partial charge in [-0.05, 0) is 42.9 Å². The van der Waals surface area contributed by atoms with Crippen molar-refractivity contribution in [3.8, 4) is 5.69 Å². The second-order valence-corrected chi connectivity index (χ2v) is 8.10. The van der Waals surface area contributed by atoms with Crippen molar-refractivity contribution in [1.29, 1.82) is 0 Å². The third-order valence-electron chi connectivity index (χ3n) is 6.25. The Labute approximate surface area is 148 Å². The quantitative estimate of drug-likeness (QED) is 0.761. The van der Waals surface area contributed by atoms with Gasteiger partial charge in [-0.15, -0.1) is 0 Å². The van der Waals surface area contributed by atoms with Gasteiger partial charge in [0.05, 0.1) is 18.0 Å². The molecule has 0 aliphatic heterocycles. The molecule has 0 saturated heterocycles. The minimum Gasteiger partial charge on any atom is -0.523 e. The predicted octanol–water partition coefficient (Wildman–Crippen LogP) is 4.81. The summed E-state index contributed by atoms with van der Waals surface area (Å²) in [6.07, 6.45) is 4.67. The van der Waals surface area contributed by atoms with Gasteiger partial charge in [0.1, 0.15) is 5.76 Å². The first-order chi connectivity index (χ1) is 11.9. The molecule has 0 bridgehead atoms. The molecule has 4 nitrogen and oxygen atoms in total. The number of hydrogen-bond donors (Lipinski definition) is 1. The summed E-state index contributed by atoms with van der Waals surface area (Å²) in [7, 11) is 0. The average molecular weight is 333 g/mol. The molecule has 1 aromatic carbocycles. The predicted molar refractivity (Wildman–Crippen MR) is 97.4 cm³/mol. The summed E-state index contributed by atoms with van der Waals surface area (Å²) in [4.78, 5) is 3.64. The van der Waals surface area contributed by atoms with Crippen molar-refractivity contribution in [2.24, 2.45) is 11.3 Å². The van der Waals surface area contributed by atoms with Crippen molar-refractivity contribution in [1.82, 2.24) is 9.78 Å². The molecule has 128 valence electrons. The van der Waals surface area contributed by atoms with Crippen molar-refractivity contribution < 1.29 is 5.11 Å². The molecule has 1 heterocycles. The van der Waals surface area contributed by atoms with Crippen LogP contribution in [0.25, 0.3) is 10.5 Å². The number of allylic oxidation sites excluding steroid dienone is 2. The second-order valence-electron chi connectivity index (χ2n) is 8.10. The van der Waals surface area contributed by atoms with Gasteiger partial charge in [0.25, 0.3) is 0 Å². The van der Waals surface area contributed by atoms with Crippen LogP contribution in [0.2, 0.25) is 0 Å². The monoisotopic (exact) mass is 333 g/mol. The van der Waals surface area contributed by atoms with Crippen LogP contribution in [0.3, 0.4) is 0 Å². The van der Waals surface area contributed by atoms with E-state index in [9.17, 15) is 5.11 Å². The smallest absolute Gasteiger partial charge is 0.203 e. The molecule has 2 aromatic rings. The molecule has 0 unspecified atom stereocenters. The first-order valence-corrected chi connectivity index (χ1v) is 8.82. The Hall–Kier alpha value is -2.54. The highest BCUT2D eigenvalue weighted by Crippen LogP contribution is 2.58. The minimum atomic E-state index is -0.402. The fraction of sp³-hybridized carbons (Fsp3) is 0.429. The number of fused-ring (bicyclic) bond motifs is 3. The zero-order valence-electron chi connectivity index (χ0n) is 15.0. The van der Waals surface area contributed by atoms with E-state index in [0.29, 0.717) is 12.1 Å². The van der Waals surface area contributed by atoms with Crippen molar-refractivity contribution in [2.45, 2.75) is 45.4 Å². The van der Waals surface area contributed by atoms with E-state index in [2.05, 4.69) is 43.9 Å². The number of aliphatic hydroxyl groups is 1. The average Bonchev–Trinajstić information content (AvgIpc) is 3.05. The summed E-state index contributed by atoms with van der Waals surface area (Å²) in [5.41, 5.74) is 3.28. The molecular formula is C21H23N3O. The standard InChI is InChI=1S/C21H23N3O/c1-20(2)17-11-10-14-13-24(15-8-6-5-7-9-15)23-18(14)21(17,3)12-16(22-4)19(20)25/h5-9,13,17,25H,10-12H2,1-3H3/t17-,21-/m0/s1. The second kappa shape index (κ2) is 5.23. The Balaban J connectivity index is 1.86. The van der Waals surface area contributed by atoms with Crippen molar-refractivity contribution in [2.75, 3.05) is 0 Å². The molecule has 25 heavy (non-hydrogen) atoms. The lowest BCUT2D eigenvalue weighted by Crippen LogP contribution is -2.49. The topological polar surface area (TPSA) is 42.4 Å². The first-order valence-electron chi connectivity index (χ1n) is 8.82. The van der Waals surface area contributed by atoms with Gasteiger partial charge in [0.2, 0.25) is 5.70 Å². The molecule has 4 rings (SSSR count). The van der Waals surface area contributed by atoms with Gasteiger partial charge < -0.3 is 5.11 Å². The summed E-state index contributed by atoms with van der Waals surface area (Å²) in [6.45, 7) is 13.9. The summed E-state index contributed by atoms with van der Waals surface area (Å²) < 4.78 is 1.96. The SMILES string of the molecule is [C-]#[N+]C1=C(O)C(C)(C)[C@@H]2CCc3cn(-c4ccccc4)nc3[C@@]2(C)C1. The van der Waals surface area contributed by atoms with Gasteiger partial charge in [-0.1, -0.05) is 39.0 Å². The van der Waals surface area contributed by atoms with Crippen molar-refractivity contribution in [3.05, 3.63) is 70.7 Å². The lowest BCUT2D eigenvalue weighted by Gasteiger charge is -2.51. The maximum Gasteiger partial charge on any atom is 0.203 e. The fourth-order valence-electron chi connectivity index (χ4n) is 5.00. The summed E-state index contributed by atoms with van der Waals surface area (Å²) in [6, 6.07) is 10.1. The minimum absolute atomic E-state index is 0.219. The van der Waals surface area contributed by atoms with E-state index in [1.54, 1.807) is 0 Å². The van der Waals surface area contributed by atoms with Crippen molar-refractivity contribution in [3.63, 3.8) is 0 Å². The van der Waals surface area contributed by atoms with Crippen LogP contribution in [0.1, 0.15) is 44.9 Å². The maximum atomic E-state index is 10.6. The maximum absolute atomic E-state index is 10.6. The summed E-state index contributed by atoms with van der Waals surface area (Å²) in [5.74, 6) is 0.549. The zero-order valence-corrected chi connectivity index (χ0v) is 15.0. The lowest BCUT2D eigenvalue weighted by atomic mass is 9.53. The number of aryl methyl sites for hydroxylation is 1. The normalized spacial score (nSPS) is 27.4. The Morgan fingerprint density at radius 2 is 1.96 bits per heavy atom. The number of nitrogens with zero attached hydrogens (tertiary/aromatic N) is 3. The van der Waals surface area contributed by atoms with E-state index in [4.69, 9.17) is 11.7 Å². The Morgan fingerprint density at radius 1 is 1.24 bits per heavy atom. The molecule has 2 aliphatic rings. The molecule has 0 radical (unpaired) electrons. The molecule has 0 fully saturated rings. The first kappa shape index (κ1) is 16.0. The number of benzene rings is 1. The Bertz CT molecular complexity index is 901. The van der Waals surface area contributed by atoms with Gasteiger partial charge in [-0.3, -0.25) is 0 Å². The third-order valence-corrected chi connectivity index (χ3v) is 6.25. The van der Waals surface area contributed by atoms with Gasteiger partial charge in [-0.2, -0.15) is 5.10 Å². The van der Waals surface area contributed by atoms with E-state index in [1.807, 2.05) is 22.9 Å². The number of para-hydroxylation sites is 1. The van der Waals surface area contributed by atoms with Gasteiger partial charge in [0, 0.05) is 17.0 Å². The van der Waals surface area contributed by atoms with Crippen LogP contribution < -0.4 is 0 Å². The molecule has 2 atom stereocenters. The summed E-state index contributed by atoms with van der Waals surface area (Å²) >= 11 is 0. The number of aromatic nitrogens is 2. The molecule has 0 spiro atoms. The van der Waals surface area contributed by atoms with Crippen LogP contribution in [0.15, 0.2) is 48.0 Å². The van der Waals surface area contributed by atoms with E-state index in [-0.39, 0.29) is 17.1 Å². The molecular weight excluding hydrogens is 310 g/mol. The van der Waals surface area contributed by atoms with Gasteiger partial charge >= 0.3 is 0 Å². The Morgan fingerprint density at radius 3 is 2.64 bits per heavy atom. The van der Waals surface area contributed by atoms with E-state index < -0.39 is 5.41 Å². The molecule has 0 amide bonds. The van der Waals surface area contributed by atoms with Crippen LogP contribution in [0.4, 0.5) is 0 Å². The van der Waals surface area contributed by atoms with E-state index in [0.717, 1.165) is 24.2 Å².